The SMILES string of the molecule is N#Cc1ccccc1-c1ccc(CO)cc1[N+](=O)[O-]. The van der Waals surface area contributed by atoms with E-state index in [-0.39, 0.29) is 12.3 Å². The normalized spacial score (nSPS) is 9.89. The van der Waals surface area contributed by atoms with Gasteiger partial charge in [-0.1, -0.05) is 24.3 Å². The molecule has 2 rings (SSSR count). The van der Waals surface area contributed by atoms with Crippen LogP contribution in [0, 0.1) is 21.4 Å². The molecular weight excluding hydrogens is 244 g/mol. The molecule has 0 spiro atoms. The third-order valence-electron chi connectivity index (χ3n) is 2.78. The van der Waals surface area contributed by atoms with Gasteiger partial charge in [-0.25, -0.2) is 0 Å². The molecule has 0 radical (unpaired) electrons. The van der Waals surface area contributed by atoms with Crippen LogP contribution in [0.15, 0.2) is 42.5 Å². The number of rotatable bonds is 3. The molecule has 94 valence electrons. The number of nitro groups is 1. The van der Waals surface area contributed by atoms with E-state index in [9.17, 15) is 10.1 Å². The molecule has 0 saturated heterocycles. The predicted octanol–water partition coefficient (Wildman–Crippen LogP) is 2.63. The number of nitriles is 1. The largest absolute Gasteiger partial charge is 0.392 e. The van der Waals surface area contributed by atoms with Gasteiger partial charge in [-0.15, -0.1) is 0 Å². The van der Waals surface area contributed by atoms with Crippen LogP contribution in [0.3, 0.4) is 0 Å². The van der Waals surface area contributed by atoms with Crippen molar-refractivity contribution >= 4 is 5.69 Å². The van der Waals surface area contributed by atoms with E-state index in [0.29, 0.717) is 22.3 Å². The van der Waals surface area contributed by atoms with Crippen LogP contribution in [-0.4, -0.2) is 10.0 Å². The Kier molecular flexibility index (Phi) is 3.55. The lowest BCUT2D eigenvalue weighted by atomic mass is 9.97. The van der Waals surface area contributed by atoms with Gasteiger partial charge in [0.15, 0.2) is 0 Å². The Balaban J connectivity index is 2.69. The van der Waals surface area contributed by atoms with Crippen molar-refractivity contribution in [3.8, 4) is 17.2 Å². The van der Waals surface area contributed by atoms with E-state index in [4.69, 9.17) is 10.4 Å². The average Bonchev–Trinajstić information content (AvgIpc) is 2.46. The molecule has 0 unspecified atom stereocenters. The Morgan fingerprint density at radius 3 is 2.58 bits per heavy atom. The van der Waals surface area contributed by atoms with Crippen molar-refractivity contribution < 1.29 is 10.0 Å². The zero-order valence-electron chi connectivity index (χ0n) is 9.91. The number of aliphatic hydroxyl groups excluding tert-OH is 1. The number of nitro benzene ring substituents is 1. The zero-order chi connectivity index (χ0) is 13.8. The number of nitrogens with zero attached hydrogens (tertiary/aromatic N) is 2. The van der Waals surface area contributed by atoms with Gasteiger partial charge in [-0.05, 0) is 17.7 Å². The lowest BCUT2D eigenvalue weighted by molar-refractivity contribution is -0.384. The summed E-state index contributed by atoms with van der Waals surface area (Å²) in [7, 11) is 0. The highest BCUT2D eigenvalue weighted by atomic mass is 16.6. The summed E-state index contributed by atoms with van der Waals surface area (Å²) in [6.45, 7) is -0.263. The van der Waals surface area contributed by atoms with Crippen molar-refractivity contribution in [3.63, 3.8) is 0 Å². The molecule has 0 aromatic heterocycles. The molecule has 0 aliphatic carbocycles. The van der Waals surface area contributed by atoms with E-state index in [0.717, 1.165) is 0 Å². The van der Waals surface area contributed by atoms with Gasteiger partial charge in [-0.2, -0.15) is 5.26 Å². The van der Waals surface area contributed by atoms with Crippen LogP contribution in [-0.2, 0) is 6.61 Å². The summed E-state index contributed by atoms with van der Waals surface area (Å²) < 4.78 is 0. The molecule has 0 heterocycles. The summed E-state index contributed by atoms with van der Waals surface area (Å²) in [5.74, 6) is 0. The first-order valence-corrected chi connectivity index (χ1v) is 5.55. The minimum absolute atomic E-state index is 0.116. The molecule has 2 aromatic rings. The molecule has 0 atom stereocenters. The molecule has 0 bridgehead atoms. The van der Waals surface area contributed by atoms with Gasteiger partial charge < -0.3 is 5.11 Å². The Morgan fingerprint density at radius 1 is 1.21 bits per heavy atom. The average molecular weight is 254 g/mol. The topological polar surface area (TPSA) is 87.2 Å². The first-order valence-electron chi connectivity index (χ1n) is 5.55. The number of aliphatic hydroxyl groups is 1. The molecule has 5 heteroatoms. The molecule has 0 saturated carbocycles. The summed E-state index contributed by atoms with van der Waals surface area (Å²) in [6, 6.07) is 13.2. The summed E-state index contributed by atoms with van der Waals surface area (Å²) in [6.07, 6.45) is 0. The van der Waals surface area contributed by atoms with Crippen LogP contribution >= 0.6 is 0 Å². The van der Waals surface area contributed by atoms with E-state index < -0.39 is 4.92 Å². The fourth-order valence-corrected chi connectivity index (χ4v) is 1.87. The zero-order valence-corrected chi connectivity index (χ0v) is 9.91. The van der Waals surface area contributed by atoms with Gasteiger partial charge in [0.05, 0.1) is 28.7 Å². The van der Waals surface area contributed by atoms with Gasteiger partial charge in [0.25, 0.3) is 5.69 Å². The van der Waals surface area contributed by atoms with Crippen molar-refractivity contribution in [2.45, 2.75) is 6.61 Å². The van der Waals surface area contributed by atoms with Gasteiger partial charge in [0, 0.05) is 11.6 Å². The maximum Gasteiger partial charge on any atom is 0.277 e. The Morgan fingerprint density at radius 2 is 1.95 bits per heavy atom. The maximum absolute atomic E-state index is 11.1. The molecule has 2 aromatic carbocycles. The van der Waals surface area contributed by atoms with Crippen LogP contribution in [0.5, 0.6) is 0 Å². The third-order valence-corrected chi connectivity index (χ3v) is 2.78. The van der Waals surface area contributed by atoms with Crippen LogP contribution in [0.2, 0.25) is 0 Å². The van der Waals surface area contributed by atoms with Crippen molar-refractivity contribution in [2.75, 3.05) is 0 Å². The summed E-state index contributed by atoms with van der Waals surface area (Å²) in [5.41, 5.74) is 1.61. The second-order valence-electron chi connectivity index (χ2n) is 3.92. The van der Waals surface area contributed by atoms with Crippen LogP contribution < -0.4 is 0 Å². The molecule has 0 aliphatic rings. The molecule has 0 fully saturated rings. The highest BCUT2D eigenvalue weighted by Crippen LogP contribution is 2.32. The molecule has 0 amide bonds. The third kappa shape index (κ3) is 2.44. The van der Waals surface area contributed by atoms with Gasteiger partial charge in [0.1, 0.15) is 0 Å². The highest BCUT2D eigenvalue weighted by molar-refractivity contribution is 5.78. The Hall–Kier alpha value is -2.71. The summed E-state index contributed by atoms with van der Waals surface area (Å²) in [4.78, 5) is 10.6. The van der Waals surface area contributed by atoms with Crippen LogP contribution in [0.1, 0.15) is 11.1 Å². The van der Waals surface area contributed by atoms with E-state index >= 15 is 0 Å². The second-order valence-corrected chi connectivity index (χ2v) is 3.92. The molecule has 1 N–H and O–H groups in total. The van der Waals surface area contributed by atoms with Gasteiger partial charge in [0.2, 0.25) is 0 Å². The van der Waals surface area contributed by atoms with E-state index in [2.05, 4.69) is 0 Å². The molecule has 5 nitrogen and oxygen atoms in total. The minimum Gasteiger partial charge on any atom is -0.392 e. The molecule has 19 heavy (non-hydrogen) atoms. The van der Waals surface area contributed by atoms with Crippen molar-refractivity contribution in [1.82, 2.24) is 0 Å². The first kappa shape index (κ1) is 12.7. The predicted molar refractivity (Wildman–Crippen MR) is 69.2 cm³/mol. The quantitative estimate of drug-likeness (QED) is 0.673. The van der Waals surface area contributed by atoms with Crippen molar-refractivity contribution in [2.24, 2.45) is 0 Å². The Bertz CT molecular complexity index is 675. The fraction of sp³-hybridized carbons (Fsp3) is 0.0714. The van der Waals surface area contributed by atoms with E-state index in [1.165, 1.54) is 6.07 Å². The van der Waals surface area contributed by atoms with Crippen molar-refractivity contribution in [3.05, 3.63) is 63.7 Å². The fourth-order valence-electron chi connectivity index (χ4n) is 1.87. The Labute approximate surface area is 109 Å². The number of hydrogen-bond acceptors (Lipinski definition) is 4. The standard InChI is InChI=1S/C14H10N2O3/c15-8-11-3-1-2-4-12(11)13-6-5-10(9-17)7-14(13)16(18)19/h1-7,17H,9H2. The van der Waals surface area contributed by atoms with E-state index in [1.807, 2.05) is 6.07 Å². The molecular formula is C14H10N2O3. The monoisotopic (exact) mass is 254 g/mol. The second kappa shape index (κ2) is 5.29. The minimum atomic E-state index is -0.511. The summed E-state index contributed by atoms with van der Waals surface area (Å²) >= 11 is 0. The number of hydrogen-bond donors (Lipinski definition) is 1. The lowest BCUT2D eigenvalue weighted by Gasteiger charge is -2.06. The van der Waals surface area contributed by atoms with Crippen molar-refractivity contribution in [1.29, 1.82) is 5.26 Å². The lowest BCUT2D eigenvalue weighted by Crippen LogP contribution is -1.95. The van der Waals surface area contributed by atoms with Gasteiger partial charge >= 0.3 is 0 Å². The highest BCUT2D eigenvalue weighted by Gasteiger charge is 2.18. The summed E-state index contributed by atoms with van der Waals surface area (Å²) in [5, 5.41) is 29.2. The first-order chi connectivity index (χ1) is 9.17. The van der Waals surface area contributed by atoms with Gasteiger partial charge in [-0.3, -0.25) is 10.1 Å². The van der Waals surface area contributed by atoms with Crippen LogP contribution in [0.4, 0.5) is 5.69 Å². The maximum atomic E-state index is 11.1. The molecule has 0 aliphatic heterocycles. The van der Waals surface area contributed by atoms with E-state index in [1.54, 1.807) is 36.4 Å². The van der Waals surface area contributed by atoms with Crippen LogP contribution in [0.25, 0.3) is 11.1 Å². The number of benzene rings is 2. The smallest absolute Gasteiger partial charge is 0.277 e.